The summed E-state index contributed by atoms with van der Waals surface area (Å²) < 4.78 is 10.3. The van der Waals surface area contributed by atoms with E-state index in [-0.39, 0.29) is 5.91 Å². The molecule has 0 bridgehead atoms. The third-order valence-electron chi connectivity index (χ3n) is 2.83. The summed E-state index contributed by atoms with van der Waals surface area (Å²) in [5, 5.41) is 2.76. The second-order valence-electron chi connectivity index (χ2n) is 4.24. The molecule has 1 aromatic rings. The van der Waals surface area contributed by atoms with Gasteiger partial charge >= 0.3 is 5.97 Å². The number of hydrogen-bond acceptors (Lipinski definition) is 4. The number of carbonyl (C=O) groups excluding carboxylic acids is 2. The largest absolute Gasteiger partial charge is 0.488 e. The SMILES string of the molecule is COC(=O)c1cc(C)c(NC(C)=O)c2c1OCC=C2. The second kappa shape index (κ2) is 5.14. The Labute approximate surface area is 111 Å². The Bertz CT molecular complexity index is 575. The second-order valence-corrected chi connectivity index (χ2v) is 4.24. The molecule has 1 aromatic carbocycles. The lowest BCUT2D eigenvalue weighted by Gasteiger charge is -2.20. The molecular weight excluding hydrogens is 246 g/mol. The number of hydrogen-bond donors (Lipinski definition) is 1. The molecule has 1 aliphatic heterocycles. The van der Waals surface area contributed by atoms with Crippen LogP contribution >= 0.6 is 0 Å². The molecule has 0 saturated carbocycles. The number of amides is 1. The smallest absolute Gasteiger partial charge is 0.341 e. The monoisotopic (exact) mass is 261 g/mol. The number of rotatable bonds is 2. The molecule has 0 fully saturated rings. The van der Waals surface area contributed by atoms with E-state index < -0.39 is 5.97 Å². The van der Waals surface area contributed by atoms with Crippen molar-refractivity contribution in [1.29, 1.82) is 0 Å². The van der Waals surface area contributed by atoms with E-state index in [0.717, 1.165) is 5.56 Å². The zero-order chi connectivity index (χ0) is 14.0. The molecule has 5 nitrogen and oxygen atoms in total. The standard InChI is InChI=1S/C14H15NO4/c1-8-7-11(14(17)18-3)13-10(5-4-6-19-13)12(8)15-9(2)16/h4-5,7H,6H2,1-3H3,(H,15,16). The van der Waals surface area contributed by atoms with Crippen LogP contribution < -0.4 is 10.1 Å². The highest BCUT2D eigenvalue weighted by atomic mass is 16.5. The highest BCUT2D eigenvalue weighted by Gasteiger charge is 2.23. The minimum absolute atomic E-state index is 0.171. The fraction of sp³-hybridized carbons (Fsp3) is 0.286. The first-order valence-electron chi connectivity index (χ1n) is 5.87. The predicted molar refractivity (Wildman–Crippen MR) is 71.4 cm³/mol. The van der Waals surface area contributed by atoms with Crippen LogP contribution in [0.2, 0.25) is 0 Å². The fourth-order valence-electron chi connectivity index (χ4n) is 2.04. The molecular formula is C14H15NO4. The van der Waals surface area contributed by atoms with E-state index in [1.54, 1.807) is 6.07 Å². The molecule has 0 aromatic heterocycles. The van der Waals surface area contributed by atoms with Crippen LogP contribution in [0, 0.1) is 6.92 Å². The van der Waals surface area contributed by atoms with Gasteiger partial charge in [0, 0.05) is 12.5 Å². The van der Waals surface area contributed by atoms with Crippen LogP contribution in [0.3, 0.4) is 0 Å². The zero-order valence-electron chi connectivity index (χ0n) is 11.1. The summed E-state index contributed by atoms with van der Waals surface area (Å²) in [5.74, 6) is -0.178. The van der Waals surface area contributed by atoms with Crippen molar-refractivity contribution in [2.24, 2.45) is 0 Å². The van der Waals surface area contributed by atoms with E-state index in [2.05, 4.69) is 5.32 Å². The molecule has 1 aliphatic rings. The van der Waals surface area contributed by atoms with E-state index in [1.165, 1.54) is 14.0 Å². The summed E-state index contributed by atoms with van der Waals surface area (Å²) in [7, 11) is 1.32. The van der Waals surface area contributed by atoms with Gasteiger partial charge in [0.1, 0.15) is 17.9 Å². The molecule has 0 radical (unpaired) electrons. The Morgan fingerprint density at radius 1 is 1.42 bits per heavy atom. The van der Waals surface area contributed by atoms with Crippen molar-refractivity contribution in [3.8, 4) is 5.75 Å². The number of anilines is 1. The van der Waals surface area contributed by atoms with Crippen molar-refractivity contribution >= 4 is 23.6 Å². The first-order chi connectivity index (χ1) is 9.04. The van der Waals surface area contributed by atoms with Gasteiger partial charge in [0.2, 0.25) is 5.91 Å². The van der Waals surface area contributed by atoms with Crippen LogP contribution in [-0.4, -0.2) is 25.6 Å². The number of carbonyl (C=O) groups is 2. The maximum atomic E-state index is 11.8. The topological polar surface area (TPSA) is 64.6 Å². The fourth-order valence-corrected chi connectivity index (χ4v) is 2.04. The van der Waals surface area contributed by atoms with Crippen LogP contribution in [0.1, 0.15) is 28.4 Å². The minimum Gasteiger partial charge on any atom is -0.488 e. The molecule has 0 spiro atoms. The molecule has 2 rings (SSSR count). The number of aryl methyl sites for hydroxylation is 1. The Morgan fingerprint density at radius 2 is 2.16 bits per heavy atom. The average Bonchev–Trinajstić information content (AvgIpc) is 2.40. The predicted octanol–water partition coefficient (Wildman–Crippen LogP) is 2.15. The third kappa shape index (κ3) is 2.45. The van der Waals surface area contributed by atoms with Crippen molar-refractivity contribution in [3.05, 3.63) is 28.8 Å². The quantitative estimate of drug-likeness (QED) is 0.828. The number of fused-ring (bicyclic) bond motifs is 1. The van der Waals surface area contributed by atoms with E-state index in [0.29, 0.717) is 29.2 Å². The van der Waals surface area contributed by atoms with Gasteiger partial charge in [-0.2, -0.15) is 0 Å². The maximum absolute atomic E-state index is 11.8. The maximum Gasteiger partial charge on any atom is 0.341 e. The average molecular weight is 261 g/mol. The highest BCUT2D eigenvalue weighted by molar-refractivity contribution is 5.99. The molecule has 100 valence electrons. The van der Waals surface area contributed by atoms with Crippen LogP contribution in [0.5, 0.6) is 5.75 Å². The van der Waals surface area contributed by atoms with E-state index in [1.807, 2.05) is 19.1 Å². The summed E-state index contributed by atoms with van der Waals surface area (Å²) in [6.07, 6.45) is 3.66. The van der Waals surface area contributed by atoms with Crippen LogP contribution in [0.4, 0.5) is 5.69 Å². The summed E-state index contributed by atoms with van der Waals surface area (Å²) >= 11 is 0. The van der Waals surface area contributed by atoms with Gasteiger partial charge in [0.05, 0.1) is 12.8 Å². The molecule has 0 saturated heterocycles. The molecule has 1 heterocycles. The Balaban J connectivity index is 2.64. The summed E-state index contributed by atoms with van der Waals surface area (Å²) in [4.78, 5) is 23.0. The van der Waals surface area contributed by atoms with Crippen LogP contribution in [0.15, 0.2) is 12.1 Å². The van der Waals surface area contributed by atoms with Gasteiger partial charge in [-0.3, -0.25) is 4.79 Å². The summed E-state index contributed by atoms with van der Waals surface area (Å²) in [6, 6.07) is 1.66. The van der Waals surface area contributed by atoms with Gasteiger partial charge in [-0.25, -0.2) is 4.79 Å². The molecule has 0 atom stereocenters. The van der Waals surface area contributed by atoms with Gasteiger partial charge in [-0.15, -0.1) is 0 Å². The third-order valence-corrected chi connectivity index (χ3v) is 2.83. The molecule has 19 heavy (non-hydrogen) atoms. The van der Waals surface area contributed by atoms with Crippen molar-refractivity contribution in [1.82, 2.24) is 0 Å². The van der Waals surface area contributed by atoms with Crippen molar-refractivity contribution < 1.29 is 19.1 Å². The van der Waals surface area contributed by atoms with E-state index in [9.17, 15) is 9.59 Å². The first kappa shape index (κ1) is 13.1. The van der Waals surface area contributed by atoms with Gasteiger partial charge in [0.15, 0.2) is 0 Å². The lowest BCUT2D eigenvalue weighted by atomic mass is 9.99. The van der Waals surface area contributed by atoms with Crippen molar-refractivity contribution in [2.75, 3.05) is 19.0 Å². The minimum atomic E-state index is -0.455. The summed E-state index contributed by atoms with van der Waals surface area (Å²) in [5.41, 5.74) is 2.51. The Hall–Kier alpha value is -2.30. The lowest BCUT2D eigenvalue weighted by molar-refractivity contribution is -0.114. The number of benzene rings is 1. The Morgan fingerprint density at radius 3 is 2.79 bits per heavy atom. The normalized spacial score (nSPS) is 12.4. The lowest BCUT2D eigenvalue weighted by Crippen LogP contribution is -2.15. The number of esters is 1. The molecule has 1 N–H and O–H groups in total. The molecule has 1 amide bonds. The van der Waals surface area contributed by atoms with Gasteiger partial charge in [-0.05, 0) is 30.7 Å². The van der Waals surface area contributed by atoms with Crippen molar-refractivity contribution in [3.63, 3.8) is 0 Å². The van der Waals surface area contributed by atoms with Crippen LogP contribution in [-0.2, 0) is 9.53 Å². The van der Waals surface area contributed by atoms with Crippen LogP contribution in [0.25, 0.3) is 6.08 Å². The number of ether oxygens (including phenoxy) is 2. The first-order valence-corrected chi connectivity index (χ1v) is 5.87. The van der Waals surface area contributed by atoms with E-state index in [4.69, 9.17) is 9.47 Å². The van der Waals surface area contributed by atoms with E-state index >= 15 is 0 Å². The number of nitrogens with one attached hydrogen (secondary N) is 1. The molecule has 0 aliphatic carbocycles. The highest BCUT2D eigenvalue weighted by Crippen LogP contribution is 2.37. The Kier molecular flexibility index (Phi) is 3.55. The summed E-state index contributed by atoms with van der Waals surface area (Å²) in [6.45, 7) is 3.65. The van der Waals surface area contributed by atoms with Gasteiger partial charge in [0.25, 0.3) is 0 Å². The molecule has 0 unspecified atom stereocenters. The van der Waals surface area contributed by atoms with Gasteiger partial charge < -0.3 is 14.8 Å². The number of methoxy groups -OCH3 is 1. The van der Waals surface area contributed by atoms with Gasteiger partial charge in [-0.1, -0.05) is 0 Å². The van der Waals surface area contributed by atoms with Crippen molar-refractivity contribution in [2.45, 2.75) is 13.8 Å². The molecule has 5 heteroatoms. The zero-order valence-corrected chi connectivity index (χ0v) is 11.1.